The highest BCUT2D eigenvalue weighted by Gasteiger charge is 2.29. The van der Waals surface area contributed by atoms with Gasteiger partial charge in [-0.2, -0.15) is 0 Å². The molecule has 1 saturated heterocycles. The van der Waals surface area contributed by atoms with Crippen molar-refractivity contribution in [2.75, 3.05) is 25.0 Å². The molecule has 1 aromatic carbocycles. The quantitative estimate of drug-likeness (QED) is 0.795. The summed E-state index contributed by atoms with van der Waals surface area (Å²) >= 11 is 1.70. The molecule has 4 nitrogen and oxygen atoms in total. The molecule has 0 saturated carbocycles. The molecule has 1 fully saturated rings. The van der Waals surface area contributed by atoms with E-state index in [1.807, 2.05) is 18.9 Å². The second-order valence-corrected chi connectivity index (χ2v) is 8.30. The molecule has 0 bridgehead atoms. The first-order chi connectivity index (χ1) is 12.5. The fourth-order valence-electron chi connectivity index (χ4n) is 3.60. The molecule has 2 aromatic rings. The normalized spacial score (nSPS) is 16.5. The van der Waals surface area contributed by atoms with E-state index in [9.17, 15) is 4.79 Å². The third-order valence-electron chi connectivity index (χ3n) is 5.51. The van der Waals surface area contributed by atoms with E-state index >= 15 is 0 Å². The third-order valence-corrected chi connectivity index (χ3v) is 6.53. The number of piperidine rings is 1. The Morgan fingerprint density at radius 1 is 1.31 bits per heavy atom. The lowest BCUT2D eigenvalue weighted by atomic mass is 9.94. The Hall–Kier alpha value is -1.88. The Kier molecular flexibility index (Phi) is 5.97. The van der Waals surface area contributed by atoms with E-state index in [0.29, 0.717) is 5.91 Å². The van der Waals surface area contributed by atoms with E-state index in [1.54, 1.807) is 11.3 Å². The van der Waals surface area contributed by atoms with E-state index in [2.05, 4.69) is 53.4 Å². The Bertz CT molecular complexity index is 749. The molecule has 1 aliphatic rings. The second kappa shape index (κ2) is 8.21. The summed E-state index contributed by atoms with van der Waals surface area (Å²) < 4.78 is 0. The summed E-state index contributed by atoms with van der Waals surface area (Å²) in [6.07, 6.45) is 2.74. The molecule has 26 heavy (non-hydrogen) atoms. The second-order valence-electron chi connectivity index (χ2n) is 7.46. The van der Waals surface area contributed by atoms with E-state index in [-0.39, 0.29) is 12.0 Å². The van der Waals surface area contributed by atoms with Crippen LogP contribution in [0.25, 0.3) is 0 Å². The Balaban J connectivity index is 1.55. The molecule has 1 amide bonds. The summed E-state index contributed by atoms with van der Waals surface area (Å²) in [5, 5.41) is 3.18. The number of nitrogens with zero attached hydrogens (tertiary/aromatic N) is 3. The fraction of sp³-hybridized carbons (Fsp3) is 0.524. The predicted octanol–water partition coefficient (Wildman–Crippen LogP) is 4.07. The van der Waals surface area contributed by atoms with E-state index in [1.165, 1.54) is 11.1 Å². The van der Waals surface area contributed by atoms with Crippen molar-refractivity contribution in [1.29, 1.82) is 0 Å². The number of carbonyl (C=O) groups is 1. The van der Waals surface area contributed by atoms with Gasteiger partial charge in [0.1, 0.15) is 0 Å². The molecular weight excluding hydrogens is 342 g/mol. The Morgan fingerprint density at radius 3 is 2.62 bits per heavy atom. The first-order valence-corrected chi connectivity index (χ1v) is 10.3. The lowest BCUT2D eigenvalue weighted by molar-refractivity contribution is -0.136. The molecule has 5 heteroatoms. The molecule has 0 N–H and O–H groups in total. The van der Waals surface area contributed by atoms with Crippen LogP contribution < -0.4 is 4.90 Å². The fourth-order valence-corrected chi connectivity index (χ4v) is 4.46. The zero-order valence-corrected chi connectivity index (χ0v) is 17.1. The van der Waals surface area contributed by atoms with Crippen molar-refractivity contribution in [2.45, 2.75) is 46.1 Å². The third kappa shape index (κ3) is 4.26. The van der Waals surface area contributed by atoms with Crippen molar-refractivity contribution in [3.8, 4) is 0 Å². The first kappa shape index (κ1) is 18.9. The largest absolute Gasteiger partial charge is 0.348 e. The number of carbonyl (C=O) groups excluding carboxylic acids is 1. The summed E-state index contributed by atoms with van der Waals surface area (Å²) in [5.41, 5.74) is 3.70. The molecule has 0 unspecified atom stereocenters. The SMILES string of the molecule is Cc1csc(N2CCC(C(=O)N(C)[C@H](C)Cc3ccccc3C)CC2)n1. The molecule has 0 radical (unpaired) electrons. The van der Waals surface area contributed by atoms with Gasteiger partial charge in [-0.25, -0.2) is 4.98 Å². The smallest absolute Gasteiger partial charge is 0.225 e. The molecule has 1 aliphatic heterocycles. The lowest BCUT2D eigenvalue weighted by Crippen LogP contribution is -2.44. The highest BCUT2D eigenvalue weighted by molar-refractivity contribution is 7.13. The average Bonchev–Trinajstić information content (AvgIpc) is 3.09. The standard InChI is InChI=1S/C21H29N3OS/c1-15-7-5-6-8-19(15)13-17(3)23(4)20(25)18-9-11-24(12-10-18)21-22-16(2)14-26-21/h5-8,14,17-18H,9-13H2,1-4H3/t17-/m1/s1. The highest BCUT2D eigenvalue weighted by Crippen LogP contribution is 2.27. The predicted molar refractivity (Wildman–Crippen MR) is 109 cm³/mol. The molecule has 140 valence electrons. The van der Waals surface area contributed by atoms with Crippen LogP contribution in [0.2, 0.25) is 0 Å². The number of hydrogen-bond donors (Lipinski definition) is 0. The van der Waals surface area contributed by atoms with E-state index < -0.39 is 0 Å². The summed E-state index contributed by atoms with van der Waals surface area (Å²) in [5.74, 6) is 0.428. The van der Waals surface area contributed by atoms with Crippen LogP contribution in [0, 0.1) is 19.8 Å². The molecule has 0 aliphatic carbocycles. The van der Waals surface area contributed by atoms with Crippen molar-refractivity contribution < 1.29 is 4.79 Å². The van der Waals surface area contributed by atoms with Gasteiger partial charge in [-0.3, -0.25) is 4.79 Å². The summed E-state index contributed by atoms with van der Waals surface area (Å²) in [7, 11) is 1.96. The van der Waals surface area contributed by atoms with Gasteiger partial charge in [-0.15, -0.1) is 11.3 Å². The van der Waals surface area contributed by atoms with Gasteiger partial charge in [-0.1, -0.05) is 24.3 Å². The number of rotatable bonds is 5. The number of aromatic nitrogens is 1. The maximum atomic E-state index is 13.0. The van der Waals surface area contributed by atoms with E-state index in [4.69, 9.17) is 0 Å². The maximum Gasteiger partial charge on any atom is 0.225 e. The zero-order valence-electron chi connectivity index (χ0n) is 16.2. The molecule has 2 heterocycles. The van der Waals surface area contributed by atoms with Crippen LogP contribution in [-0.4, -0.2) is 42.0 Å². The Labute approximate surface area is 160 Å². The van der Waals surface area contributed by atoms with Gasteiger partial charge in [0.2, 0.25) is 5.91 Å². The first-order valence-electron chi connectivity index (χ1n) is 9.44. The van der Waals surface area contributed by atoms with Gasteiger partial charge in [0.05, 0.1) is 5.69 Å². The van der Waals surface area contributed by atoms with Crippen molar-refractivity contribution in [1.82, 2.24) is 9.88 Å². The van der Waals surface area contributed by atoms with E-state index in [0.717, 1.165) is 43.2 Å². The maximum absolute atomic E-state index is 13.0. The Morgan fingerprint density at radius 2 is 2.00 bits per heavy atom. The topological polar surface area (TPSA) is 36.4 Å². The number of benzene rings is 1. The van der Waals surface area contributed by atoms with Gasteiger partial charge >= 0.3 is 0 Å². The molecule has 0 spiro atoms. The number of amides is 1. The van der Waals surface area contributed by atoms with Crippen LogP contribution in [-0.2, 0) is 11.2 Å². The summed E-state index contributed by atoms with van der Waals surface area (Å²) in [6.45, 7) is 8.16. The molecule has 1 aromatic heterocycles. The minimum Gasteiger partial charge on any atom is -0.348 e. The van der Waals surface area contributed by atoms with Crippen LogP contribution >= 0.6 is 11.3 Å². The van der Waals surface area contributed by atoms with Crippen LogP contribution in [0.4, 0.5) is 5.13 Å². The minimum absolute atomic E-state index is 0.136. The van der Waals surface area contributed by atoms with Gasteiger partial charge in [0, 0.05) is 37.5 Å². The van der Waals surface area contributed by atoms with Crippen LogP contribution in [0.3, 0.4) is 0 Å². The molecule has 3 rings (SSSR count). The summed E-state index contributed by atoms with van der Waals surface area (Å²) in [4.78, 5) is 21.8. The number of likely N-dealkylation sites (N-methyl/N-ethyl adjacent to an activating group) is 1. The number of aryl methyl sites for hydroxylation is 2. The highest BCUT2D eigenvalue weighted by atomic mass is 32.1. The van der Waals surface area contributed by atoms with Crippen molar-refractivity contribution in [2.24, 2.45) is 5.92 Å². The van der Waals surface area contributed by atoms with Crippen molar-refractivity contribution in [3.63, 3.8) is 0 Å². The van der Waals surface area contributed by atoms with Gasteiger partial charge in [0.15, 0.2) is 5.13 Å². The number of anilines is 1. The molecular formula is C21H29N3OS. The summed E-state index contributed by atoms with van der Waals surface area (Å²) in [6, 6.07) is 8.66. The molecule has 1 atom stereocenters. The average molecular weight is 372 g/mol. The van der Waals surface area contributed by atoms with Crippen molar-refractivity contribution in [3.05, 3.63) is 46.5 Å². The van der Waals surface area contributed by atoms with Crippen molar-refractivity contribution >= 4 is 22.4 Å². The van der Waals surface area contributed by atoms with Gasteiger partial charge < -0.3 is 9.80 Å². The van der Waals surface area contributed by atoms with Crippen LogP contribution in [0.5, 0.6) is 0 Å². The number of hydrogen-bond acceptors (Lipinski definition) is 4. The monoisotopic (exact) mass is 371 g/mol. The van der Waals surface area contributed by atoms with Gasteiger partial charge in [-0.05, 0) is 51.2 Å². The zero-order chi connectivity index (χ0) is 18.7. The minimum atomic E-state index is 0.136. The number of thiazole rings is 1. The van der Waals surface area contributed by atoms with Crippen LogP contribution in [0.15, 0.2) is 29.6 Å². The van der Waals surface area contributed by atoms with Crippen LogP contribution in [0.1, 0.15) is 36.6 Å². The lowest BCUT2D eigenvalue weighted by Gasteiger charge is -2.35. The van der Waals surface area contributed by atoms with Gasteiger partial charge in [0.25, 0.3) is 0 Å².